The summed E-state index contributed by atoms with van der Waals surface area (Å²) in [5.74, 6) is 0.943. The third kappa shape index (κ3) is 4.95. The summed E-state index contributed by atoms with van der Waals surface area (Å²) < 4.78 is 25.5. The Morgan fingerprint density at radius 3 is 2.37 bits per heavy atom. The quantitative estimate of drug-likeness (QED) is 0.388. The standard InChI is InChI=1S/C19H30N4O2S.HI/c1-20-18(23-13-12-19(15-23)10-4-5-11-19)21-14-16-6-8-17(9-7-16)26(24,25)22(2)3;/h6-9H,4-5,10-15H2,1-3H3,(H,20,21);1H. The van der Waals surface area contributed by atoms with Gasteiger partial charge in [-0.15, -0.1) is 24.0 Å². The number of likely N-dealkylation sites (tertiary alicyclic amines) is 1. The maximum absolute atomic E-state index is 12.1. The second-order valence-corrected chi connectivity index (χ2v) is 9.86. The van der Waals surface area contributed by atoms with E-state index >= 15 is 0 Å². The lowest BCUT2D eigenvalue weighted by atomic mass is 9.86. The maximum atomic E-state index is 12.1. The predicted octanol–water partition coefficient (Wildman–Crippen LogP) is 2.90. The molecule has 3 rings (SSSR count). The van der Waals surface area contributed by atoms with E-state index in [0.29, 0.717) is 16.9 Å². The first kappa shape index (κ1) is 22.4. The number of hydrogen-bond donors (Lipinski definition) is 1. The van der Waals surface area contributed by atoms with E-state index in [0.717, 1.165) is 24.6 Å². The summed E-state index contributed by atoms with van der Waals surface area (Å²) in [4.78, 5) is 7.14. The van der Waals surface area contributed by atoms with Crippen molar-refractivity contribution in [3.63, 3.8) is 0 Å². The van der Waals surface area contributed by atoms with Gasteiger partial charge in [0.2, 0.25) is 10.0 Å². The molecule has 0 atom stereocenters. The average Bonchev–Trinajstić information content (AvgIpc) is 3.26. The third-order valence-corrected chi connectivity index (χ3v) is 7.60. The number of nitrogens with zero attached hydrogens (tertiary/aromatic N) is 3. The first-order valence-electron chi connectivity index (χ1n) is 9.33. The highest BCUT2D eigenvalue weighted by Gasteiger charge is 2.41. The van der Waals surface area contributed by atoms with E-state index in [1.807, 2.05) is 19.2 Å². The lowest BCUT2D eigenvalue weighted by Crippen LogP contribution is -2.40. The summed E-state index contributed by atoms with van der Waals surface area (Å²) >= 11 is 0. The minimum absolute atomic E-state index is 0. The van der Waals surface area contributed by atoms with Crippen molar-refractivity contribution in [3.8, 4) is 0 Å². The first-order valence-corrected chi connectivity index (χ1v) is 10.8. The molecule has 0 aromatic heterocycles. The van der Waals surface area contributed by atoms with E-state index < -0.39 is 10.0 Å². The van der Waals surface area contributed by atoms with Crippen LogP contribution < -0.4 is 5.32 Å². The van der Waals surface area contributed by atoms with Gasteiger partial charge in [-0.3, -0.25) is 4.99 Å². The second-order valence-electron chi connectivity index (χ2n) is 7.71. The minimum atomic E-state index is -3.37. The number of rotatable bonds is 4. The van der Waals surface area contributed by atoms with Gasteiger partial charge in [-0.05, 0) is 42.4 Å². The van der Waals surface area contributed by atoms with E-state index in [1.54, 1.807) is 26.2 Å². The van der Waals surface area contributed by atoms with Gasteiger partial charge >= 0.3 is 0 Å². The molecule has 27 heavy (non-hydrogen) atoms. The number of benzene rings is 1. The molecule has 6 nitrogen and oxygen atoms in total. The predicted molar refractivity (Wildman–Crippen MR) is 120 cm³/mol. The largest absolute Gasteiger partial charge is 0.352 e. The fraction of sp³-hybridized carbons (Fsp3) is 0.632. The Balaban J connectivity index is 0.00000261. The monoisotopic (exact) mass is 506 g/mol. The molecule has 0 bridgehead atoms. The highest BCUT2D eigenvalue weighted by molar-refractivity contribution is 14.0. The zero-order valence-corrected chi connectivity index (χ0v) is 19.6. The molecule has 1 aliphatic heterocycles. The van der Waals surface area contributed by atoms with Crippen molar-refractivity contribution < 1.29 is 8.42 Å². The Bertz CT molecular complexity index is 756. The third-order valence-electron chi connectivity index (χ3n) is 5.77. The van der Waals surface area contributed by atoms with Crippen LogP contribution in [0.25, 0.3) is 0 Å². The Kier molecular flexibility index (Phi) is 7.54. The molecule has 0 amide bonds. The maximum Gasteiger partial charge on any atom is 0.242 e. The van der Waals surface area contributed by atoms with Crippen LogP contribution in [0.2, 0.25) is 0 Å². The fourth-order valence-electron chi connectivity index (χ4n) is 4.15. The van der Waals surface area contributed by atoms with E-state index in [9.17, 15) is 8.42 Å². The molecular weight excluding hydrogens is 475 g/mol. The molecule has 1 aromatic rings. The molecule has 1 saturated carbocycles. The molecule has 1 saturated heterocycles. The van der Waals surface area contributed by atoms with Crippen molar-refractivity contribution >= 4 is 40.0 Å². The number of halogens is 1. The van der Waals surface area contributed by atoms with Crippen molar-refractivity contribution in [2.45, 2.75) is 43.5 Å². The van der Waals surface area contributed by atoms with Gasteiger partial charge in [0.1, 0.15) is 0 Å². The van der Waals surface area contributed by atoms with E-state index in [1.165, 1.54) is 36.4 Å². The Morgan fingerprint density at radius 1 is 1.19 bits per heavy atom. The molecule has 0 radical (unpaired) electrons. The zero-order chi connectivity index (χ0) is 18.8. The highest BCUT2D eigenvalue weighted by atomic mass is 127. The SMILES string of the molecule is CN=C(NCc1ccc(S(=O)(=O)N(C)C)cc1)N1CCC2(CCCC2)C1.I. The molecule has 152 valence electrons. The van der Waals surface area contributed by atoms with Gasteiger partial charge in [0.05, 0.1) is 4.90 Å². The van der Waals surface area contributed by atoms with Crippen LogP contribution in [0.1, 0.15) is 37.7 Å². The second kappa shape index (κ2) is 9.09. The number of hydrogen-bond acceptors (Lipinski definition) is 3. The molecule has 1 aliphatic carbocycles. The summed E-state index contributed by atoms with van der Waals surface area (Å²) in [6.07, 6.45) is 6.69. The molecule has 2 fully saturated rings. The molecular formula is C19H31IN4O2S. The van der Waals surface area contributed by atoms with Gasteiger partial charge in [0, 0.05) is 40.8 Å². The van der Waals surface area contributed by atoms with Gasteiger partial charge in [0.25, 0.3) is 0 Å². The van der Waals surface area contributed by atoms with Crippen LogP contribution >= 0.6 is 24.0 Å². The van der Waals surface area contributed by atoms with E-state index in [4.69, 9.17) is 0 Å². The Labute approximate surface area is 180 Å². The lowest BCUT2D eigenvalue weighted by Gasteiger charge is -2.26. The summed E-state index contributed by atoms with van der Waals surface area (Å²) in [6, 6.07) is 7.05. The number of sulfonamides is 1. The zero-order valence-electron chi connectivity index (χ0n) is 16.4. The van der Waals surface area contributed by atoms with Gasteiger partial charge in [-0.2, -0.15) is 0 Å². The van der Waals surface area contributed by atoms with Crippen molar-refractivity contribution in [1.29, 1.82) is 0 Å². The normalized spacial score (nSPS) is 19.6. The molecule has 0 unspecified atom stereocenters. The van der Waals surface area contributed by atoms with Crippen LogP contribution in [-0.4, -0.2) is 57.8 Å². The van der Waals surface area contributed by atoms with Crippen LogP contribution in [0.5, 0.6) is 0 Å². The van der Waals surface area contributed by atoms with E-state index in [-0.39, 0.29) is 24.0 Å². The molecule has 2 aliphatic rings. The first-order chi connectivity index (χ1) is 12.4. The molecule has 1 aromatic carbocycles. The molecule has 1 heterocycles. The topological polar surface area (TPSA) is 65.0 Å². The van der Waals surface area contributed by atoms with Crippen LogP contribution in [0.4, 0.5) is 0 Å². The van der Waals surface area contributed by atoms with Crippen LogP contribution in [0.15, 0.2) is 34.2 Å². The van der Waals surface area contributed by atoms with Gasteiger partial charge in [0.15, 0.2) is 5.96 Å². The van der Waals surface area contributed by atoms with Crippen LogP contribution in [0.3, 0.4) is 0 Å². The van der Waals surface area contributed by atoms with Gasteiger partial charge in [-0.25, -0.2) is 12.7 Å². The Hall–Kier alpha value is -0.870. The molecule has 1 spiro atoms. The Morgan fingerprint density at radius 2 is 1.81 bits per heavy atom. The van der Waals surface area contributed by atoms with Crippen molar-refractivity contribution in [2.75, 3.05) is 34.2 Å². The number of nitrogens with one attached hydrogen (secondary N) is 1. The summed E-state index contributed by atoms with van der Waals surface area (Å²) in [6.45, 7) is 2.81. The number of aliphatic imine (C=N–C) groups is 1. The molecule has 8 heteroatoms. The lowest BCUT2D eigenvalue weighted by molar-refractivity contribution is 0.309. The average molecular weight is 506 g/mol. The fourth-order valence-corrected chi connectivity index (χ4v) is 5.05. The van der Waals surface area contributed by atoms with Crippen molar-refractivity contribution in [2.24, 2.45) is 10.4 Å². The van der Waals surface area contributed by atoms with Gasteiger partial charge < -0.3 is 10.2 Å². The van der Waals surface area contributed by atoms with Crippen molar-refractivity contribution in [1.82, 2.24) is 14.5 Å². The van der Waals surface area contributed by atoms with Gasteiger partial charge in [-0.1, -0.05) is 25.0 Å². The van der Waals surface area contributed by atoms with Crippen LogP contribution in [-0.2, 0) is 16.6 Å². The summed E-state index contributed by atoms with van der Waals surface area (Å²) in [5, 5.41) is 3.43. The van der Waals surface area contributed by atoms with Crippen LogP contribution in [0, 0.1) is 5.41 Å². The smallest absolute Gasteiger partial charge is 0.242 e. The van der Waals surface area contributed by atoms with Crippen molar-refractivity contribution in [3.05, 3.63) is 29.8 Å². The summed E-state index contributed by atoms with van der Waals surface area (Å²) in [5.41, 5.74) is 1.55. The minimum Gasteiger partial charge on any atom is -0.352 e. The van der Waals surface area contributed by atoms with E-state index in [2.05, 4.69) is 15.2 Å². The number of guanidine groups is 1. The summed E-state index contributed by atoms with van der Waals surface area (Å²) in [7, 11) is 1.54. The highest BCUT2D eigenvalue weighted by Crippen LogP contribution is 2.45. The molecule has 1 N–H and O–H groups in total.